The maximum absolute atomic E-state index is 12.1. The van der Waals surface area contributed by atoms with Crippen LogP contribution in [0.5, 0.6) is 5.75 Å². The van der Waals surface area contributed by atoms with Crippen molar-refractivity contribution < 1.29 is 9.53 Å². The van der Waals surface area contributed by atoms with E-state index in [2.05, 4.69) is 36.2 Å². The van der Waals surface area contributed by atoms with E-state index in [0.29, 0.717) is 13.0 Å². The molecule has 0 aliphatic carbocycles. The van der Waals surface area contributed by atoms with Crippen molar-refractivity contribution in [1.82, 2.24) is 0 Å². The number of ether oxygens (including phenoxy) is 1. The van der Waals surface area contributed by atoms with E-state index in [1.807, 2.05) is 44.2 Å². The molecule has 0 aromatic heterocycles. The Labute approximate surface area is 150 Å². The Hall–Kier alpha value is -2.49. The largest absolute Gasteiger partial charge is 0.493 e. The lowest BCUT2D eigenvalue weighted by atomic mass is 10.1. The molecule has 0 radical (unpaired) electrons. The Morgan fingerprint density at radius 1 is 1.04 bits per heavy atom. The lowest BCUT2D eigenvalue weighted by Crippen LogP contribution is -2.22. The second kappa shape index (κ2) is 9.11. The fourth-order valence-corrected chi connectivity index (χ4v) is 2.68. The van der Waals surface area contributed by atoms with E-state index in [4.69, 9.17) is 4.74 Å². The molecule has 2 aromatic rings. The van der Waals surface area contributed by atoms with Crippen LogP contribution in [0.15, 0.2) is 42.5 Å². The molecule has 0 unspecified atom stereocenters. The average molecular weight is 340 g/mol. The molecule has 0 saturated heterocycles. The molecule has 25 heavy (non-hydrogen) atoms. The van der Waals surface area contributed by atoms with Crippen LogP contribution in [0.1, 0.15) is 31.4 Å². The average Bonchev–Trinajstić information content (AvgIpc) is 2.60. The first-order valence-electron chi connectivity index (χ1n) is 8.88. The molecule has 1 amide bonds. The zero-order valence-corrected chi connectivity index (χ0v) is 15.6. The Balaban J connectivity index is 1.86. The first-order chi connectivity index (χ1) is 12.0. The highest BCUT2D eigenvalue weighted by molar-refractivity contribution is 5.91. The number of nitrogens with one attached hydrogen (secondary N) is 1. The molecule has 0 aliphatic rings. The van der Waals surface area contributed by atoms with Gasteiger partial charge in [-0.05, 0) is 63.6 Å². The van der Waals surface area contributed by atoms with Gasteiger partial charge in [0.15, 0.2) is 0 Å². The first-order valence-corrected chi connectivity index (χ1v) is 8.88. The van der Waals surface area contributed by atoms with Gasteiger partial charge in [-0.25, -0.2) is 0 Å². The van der Waals surface area contributed by atoms with Crippen LogP contribution in [-0.4, -0.2) is 25.6 Å². The highest BCUT2D eigenvalue weighted by Crippen LogP contribution is 2.22. The normalized spacial score (nSPS) is 10.4. The Kier molecular flexibility index (Phi) is 6.87. The molecule has 0 spiro atoms. The number of anilines is 2. The Morgan fingerprint density at radius 2 is 1.72 bits per heavy atom. The van der Waals surface area contributed by atoms with Gasteiger partial charge in [0.2, 0.25) is 5.91 Å². The summed E-state index contributed by atoms with van der Waals surface area (Å²) >= 11 is 0. The molecular formula is C21H28N2O2. The number of rotatable bonds is 8. The van der Waals surface area contributed by atoms with Crippen molar-refractivity contribution in [3.8, 4) is 5.75 Å². The zero-order chi connectivity index (χ0) is 18.2. The van der Waals surface area contributed by atoms with Crippen molar-refractivity contribution in [2.75, 3.05) is 29.9 Å². The van der Waals surface area contributed by atoms with Gasteiger partial charge in [0.25, 0.3) is 0 Å². The number of hydrogen-bond acceptors (Lipinski definition) is 3. The van der Waals surface area contributed by atoms with Crippen LogP contribution >= 0.6 is 0 Å². The summed E-state index contributed by atoms with van der Waals surface area (Å²) in [4.78, 5) is 14.4. The van der Waals surface area contributed by atoms with Gasteiger partial charge in [-0.3, -0.25) is 4.79 Å². The molecule has 0 atom stereocenters. The van der Waals surface area contributed by atoms with Gasteiger partial charge in [0, 0.05) is 24.5 Å². The fourth-order valence-electron chi connectivity index (χ4n) is 2.68. The highest BCUT2D eigenvalue weighted by Gasteiger charge is 2.08. The van der Waals surface area contributed by atoms with E-state index >= 15 is 0 Å². The molecule has 4 heteroatoms. The fraction of sp³-hybridized carbons (Fsp3) is 0.381. The van der Waals surface area contributed by atoms with Crippen molar-refractivity contribution in [1.29, 1.82) is 0 Å². The molecule has 0 saturated carbocycles. The highest BCUT2D eigenvalue weighted by atomic mass is 16.5. The summed E-state index contributed by atoms with van der Waals surface area (Å²) < 4.78 is 5.61. The van der Waals surface area contributed by atoms with Gasteiger partial charge < -0.3 is 15.0 Å². The molecule has 4 nitrogen and oxygen atoms in total. The van der Waals surface area contributed by atoms with Crippen LogP contribution in [0.4, 0.5) is 11.4 Å². The zero-order valence-electron chi connectivity index (χ0n) is 15.6. The van der Waals surface area contributed by atoms with Crippen molar-refractivity contribution in [2.45, 2.75) is 34.1 Å². The van der Waals surface area contributed by atoms with Gasteiger partial charge in [0.1, 0.15) is 5.75 Å². The van der Waals surface area contributed by atoms with E-state index in [0.717, 1.165) is 30.1 Å². The molecule has 2 aromatic carbocycles. The third-order valence-electron chi connectivity index (χ3n) is 4.23. The monoisotopic (exact) mass is 340 g/mol. The van der Waals surface area contributed by atoms with Gasteiger partial charge in [-0.15, -0.1) is 0 Å². The Morgan fingerprint density at radius 3 is 2.32 bits per heavy atom. The van der Waals surface area contributed by atoms with E-state index in [1.165, 1.54) is 11.3 Å². The maximum atomic E-state index is 12.1. The Bertz CT molecular complexity index is 692. The molecule has 0 heterocycles. The quantitative estimate of drug-likeness (QED) is 0.766. The van der Waals surface area contributed by atoms with Gasteiger partial charge in [-0.2, -0.15) is 0 Å². The number of hydrogen-bond donors (Lipinski definition) is 1. The summed E-state index contributed by atoms with van der Waals surface area (Å²) in [6.45, 7) is 10.6. The van der Waals surface area contributed by atoms with Gasteiger partial charge >= 0.3 is 0 Å². The number of carbonyl (C=O) groups excluding carboxylic acids is 1. The van der Waals surface area contributed by atoms with E-state index in [9.17, 15) is 4.79 Å². The van der Waals surface area contributed by atoms with Crippen molar-refractivity contribution in [3.63, 3.8) is 0 Å². The summed E-state index contributed by atoms with van der Waals surface area (Å²) in [6.07, 6.45) is 0.325. The van der Waals surface area contributed by atoms with Gasteiger partial charge in [-0.1, -0.05) is 17.7 Å². The smallest absolute Gasteiger partial charge is 0.227 e. The summed E-state index contributed by atoms with van der Waals surface area (Å²) in [5.41, 5.74) is 4.30. The lowest BCUT2D eigenvalue weighted by molar-refractivity contribution is -0.116. The van der Waals surface area contributed by atoms with Crippen molar-refractivity contribution in [2.24, 2.45) is 0 Å². The number of aryl methyl sites for hydroxylation is 2. The molecule has 2 rings (SSSR count). The predicted octanol–water partition coefficient (Wildman–Crippen LogP) is 4.56. The number of carbonyl (C=O) groups is 1. The predicted molar refractivity (Wildman–Crippen MR) is 105 cm³/mol. The topological polar surface area (TPSA) is 41.6 Å². The summed E-state index contributed by atoms with van der Waals surface area (Å²) in [5.74, 6) is 0.754. The van der Waals surface area contributed by atoms with E-state index in [1.54, 1.807) is 0 Å². The standard InChI is InChI=1S/C21H28N2O2/c1-5-23(6-2)18-9-12-20(17(4)15-18)22-21(24)13-14-25-19-10-7-16(3)8-11-19/h7-12,15H,5-6,13-14H2,1-4H3,(H,22,24). The molecule has 134 valence electrons. The minimum Gasteiger partial charge on any atom is -0.493 e. The minimum absolute atomic E-state index is 0.0363. The van der Waals surface area contributed by atoms with Crippen LogP contribution in [0, 0.1) is 13.8 Å². The lowest BCUT2D eigenvalue weighted by Gasteiger charge is -2.22. The second-order valence-corrected chi connectivity index (χ2v) is 6.13. The summed E-state index contributed by atoms with van der Waals surface area (Å²) in [6, 6.07) is 14.0. The van der Waals surface area contributed by atoms with Crippen LogP contribution in [0.25, 0.3) is 0 Å². The first kappa shape index (κ1) is 18.8. The second-order valence-electron chi connectivity index (χ2n) is 6.13. The van der Waals surface area contributed by atoms with Crippen LogP contribution in [-0.2, 0) is 4.79 Å². The van der Waals surface area contributed by atoms with Crippen LogP contribution in [0.2, 0.25) is 0 Å². The van der Waals surface area contributed by atoms with Crippen molar-refractivity contribution in [3.05, 3.63) is 53.6 Å². The summed E-state index contributed by atoms with van der Waals surface area (Å²) in [7, 11) is 0. The third kappa shape index (κ3) is 5.52. The van der Waals surface area contributed by atoms with E-state index < -0.39 is 0 Å². The number of amides is 1. The molecular weight excluding hydrogens is 312 g/mol. The SMILES string of the molecule is CCN(CC)c1ccc(NC(=O)CCOc2ccc(C)cc2)c(C)c1. The molecule has 0 bridgehead atoms. The van der Waals surface area contributed by atoms with Crippen LogP contribution in [0.3, 0.4) is 0 Å². The van der Waals surface area contributed by atoms with Crippen LogP contribution < -0.4 is 15.0 Å². The molecule has 0 fully saturated rings. The maximum Gasteiger partial charge on any atom is 0.227 e. The molecule has 1 N–H and O–H groups in total. The third-order valence-corrected chi connectivity index (χ3v) is 4.23. The molecule has 0 aliphatic heterocycles. The number of benzene rings is 2. The summed E-state index contributed by atoms with van der Waals surface area (Å²) in [5, 5.41) is 2.97. The minimum atomic E-state index is -0.0363. The van der Waals surface area contributed by atoms with Crippen molar-refractivity contribution >= 4 is 17.3 Å². The van der Waals surface area contributed by atoms with Gasteiger partial charge in [0.05, 0.1) is 13.0 Å². The van der Waals surface area contributed by atoms with E-state index in [-0.39, 0.29) is 5.91 Å². The number of nitrogens with zero attached hydrogens (tertiary/aromatic N) is 1.